The number of hydrogen-bond acceptors (Lipinski definition) is 7. The van der Waals surface area contributed by atoms with Crippen molar-refractivity contribution in [3.8, 4) is 34.5 Å². The molecule has 0 saturated heterocycles. The van der Waals surface area contributed by atoms with Crippen LogP contribution in [0.4, 0.5) is 4.39 Å². The second kappa shape index (κ2) is 35.8. The first-order valence-electron chi connectivity index (χ1n) is 22.3. The molecule has 2 N–H and O–H groups in total. The summed E-state index contributed by atoms with van der Waals surface area (Å²) in [6, 6.07) is 78.7. The molecule has 0 bridgehead atoms. The smallest absolute Gasteiger partial charge is 0.533 e. The van der Waals surface area contributed by atoms with Crippen LogP contribution in [0, 0.1) is 30.1 Å². The minimum atomic E-state index is -0.354. The molecule has 0 fully saturated rings. The molecule has 78 heavy (non-hydrogen) atoms. The summed E-state index contributed by atoms with van der Waals surface area (Å²) in [6.07, 6.45) is 0. The number of benzene rings is 10. The van der Waals surface area contributed by atoms with Crippen molar-refractivity contribution in [1.82, 2.24) is 0 Å². The van der Waals surface area contributed by atoms with E-state index in [1.165, 1.54) is 24.3 Å². The summed E-state index contributed by atoms with van der Waals surface area (Å²) in [4.78, 5) is 36.6. The fourth-order valence-electron chi connectivity index (χ4n) is 6.16. The van der Waals surface area contributed by atoms with Crippen LogP contribution in [0.15, 0.2) is 243 Å². The maximum atomic E-state index is 12.7. The van der Waals surface area contributed by atoms with Crippen molar-refractivity contribution in [3.63, 3.8) is 0 Å². The third-order valence-corrected chi connectivity index (χ3v) is 10.7. The second-order valence-corrected chi connectivity index (χ2v) is 16.6. The molecule has 0 spiro atoms. The first kappa shape index (κ1) is 66.7. The molecule has 0 aliphatic heterocycles. The molecule has 10 aromatic carbocycles. The Hall–Kier alpha value is -7.41. The van der Waals surface area contributed by atoms with E-state index in [1.54, 1.807) is 194 Å². The van der Waals surface area contributed by atoms with Crippen molar-refractivity contribution in [2.45, 2.75) is 14.9 Å². The second-order valence-electron chi connectivity index (χ2n) is 15.3. The molecule has 0 heterocycles. The van der Waals surface area contributed by atoms with Gasteiger partial charge in [0.1, 0.15) is 17.3 Å². The van der Waals surface area contributed by atoms with Crippen LogP contribution in [0.5, 0.6) is 34.5 Å². The van der Waals surface area contributed by atoms with Crippen LogP contribution in [0.25, 0.3) is 0 Å². The predicted octanol–water partition coefficient (Wildman–Crippen LogP) is 17.7. The van der Waals surface area contributed by atoms with Gasteiger partial charge in [0.25, 0.3) is 0 Å². The molecule has 0 aromatic heterocycles. The molecular weight excluding hydrogens is 1390 g/mol. The van der Waals surface area contributed by atoms with E-state index in [0.29, 0.717) is 71.4 Å². The first-order valence-corrected chi connectivity index (χ1v) is 23.5. The Bertz CT molecular complexity index is 3050. The maximum Gasteiger partial charge on any atom is 2.00 e. The van der Waals surface area contributed by atoms with Gasteiger partial charge in [0.2, 0.25) is 0 Å². The van der Waals surface area contributed by atoms with E-state index in [2.05, 4.69) is 24.3 Å². The Balaban J connectivity index is 0.000000350. The molecule has 0 unspecified atom stereocenters. The number of aromatic hydroxyl groups is 2. The summed E-state index contributed by atoms with van der Waals surface area (Å²) < 4.78 is 24.0. The monoisotopic (exact) mass is 1430 g/mol. The van der Waals surface area contributed by atoms with Crippen LogP contribution < -0.4 is 9.47 Å². The molecule has 7 nitrogen and oxygen atoms in total. The molecule has 10 aromatic rings. The van der Waals surface area contributed by atoms with E-state index in [4.69, 9.17) is 54.5 Å². The summed E-state index contributed by atoms with van der Waals surface area (Å²) in [5.41, 5.74) is 3.43. The Morgan fingerprint density at radius 1 is 0.321 bits per heavy atom. The SMILES string of the molecule is C.C.O=C(c1ccc(Cl)cc1)c1ccc(Oc2cc[c-]cc2)cc1.O=C(c1ccc(Cl)cc1)c1ccc(Oc2cc[c-]cc2)cc1.O=C(c1ccc(F)cc1)c1ccc(Cl)cc1.Oc1cc[c-]cc1.Oc1cc[c-]cc1.[W+2].[W+2]. The van der Waals surface area contributed by atoms with Crippen LogP contribution in [-0.2, 0) is 42.1 Å². The Labute approximate surface area is 499 Å². The normalized spacial score (nSPS) is 9.38. The minimum Gasteiger partial charge on any atom is -0.533 e. The molecule has 0 amide bonds. The van der Waals surface area contributed by atoms with Crippen LogP contribution >= 0.6 is 34.8 Å². The number of rotatable bonds is 10. The van der Waals surface area contributed by atoms with Crippen molar-refractivity contribution in [3.05, 3.63) is 321 Å². The minimum absolute atomic E-state index is 0. The fraction of sp³-hybridized carbons (Fsp3) is 0.0308. The first-order chi connectivity index (χ1) is 35.9. The van der Waals surface area contributed by atoms with Crippen molar-refractivity contribution in [2.75, 3.05) is 0 Å². The van der Waals surface area contributed by atoms with Gasteiger partial charge in [-0.25, -0.2) is 4.39 Å². The van der Waals surface area contributed by atoms with Crippen molar-refractivity contribution >= 4 is 52.2 Å². The number of carbonyl (C=O) groups is 3. The number of ketones is 3. The van der Waals surface area contributed by atoms with Gasteiger partial charge >= 0.3 is 42.1 Å². The third kappa shape index (κ3) is 23.0. The Morgan fingerprint density at radius 3 is 0.731 bits per heavy atom. The molecule has 392 valence electrons. The number of phenolic OH excluding ortho intramolecular Hbond substituents is 2. The van der Waals surface area contributed by atoms with Gasteiger partial charge in [-0.15, -0.1) is 48.5 Å². The number of carbonyl (C=O) groups excluding carboxylic acids is 3. The molecule has 13 heteroatoms. The van der Waals surface area contributed by atoms with Gasteiger partial charge in [-0.1, -0.05) is 49.7 Å². The summed E-state index contributed by atoms with van der Waals surface area (Å²) in [6.45, 7) is 0. The van der Waals surface area contributed by atoms with Gasteiger partial charge in [-0.05, 0) is 146 Å². The topological polar surface area (TPSA) is 110 Å². The van der Waals surface area contributed by atoms with E-state index in [1.807, 2.05) is 24.3 Å². The summed E-state index contributed by atoms with van der Waals surface area (Å²) in [5, 5.41) is 19.0. The van der Waals surface area contributed by atoms with Crippen LogP contribution in [0.2, 0.25) is 15.1 Å². The van der Waals surface area contributed by atoms with Crippen molar-refractivity contribution in [2.24, 2.45) is 0 Å². The quantitative estimate of drug-likeness (QED) is 0.104. The van der Waals surface area contributed by atoms with E-state index in [0.717, 1.165) is 11.5 Å². The number of halogens is 4. The third-order valence-electron chi connectivity index (χ3n) is 9.91. The average Bonchev–Trinajstić information content (AvgIpc) is 3.43. The van der Waals surface area contributed by atoms with Gasteiger partial charge in [-0.3, -0.25) is 14.4 Å². The van der Waals surface area contributed by atoms with Crippen LogP contribution in [-0.4, -0.2) is 27.6 Å². The summed E-state index contributed by atoms with van der Waals surface area (Å²) >= 11 is 17.4. The molecule has 0 saturated carbocycles. The Kier molecular flexibility index (Phi) is 30.6. The van der Waals surface area contributed by atoms with Gasteiger partial charge in [0, 0.05) is 71.4 Å². The van der Waals surface area contributed by atoms with E-state index in [-0.39, 0.29) is 80.2 Å². The zero-order valence-corrected chi connectivity index (χ0v) is 48.0. The number of phenols is 2. The average molecular weight is 1440 g/mol. The van der Waals surface area contributed by atoms with Gasteiger partial charge < -0.3 is 19.7 Å². The van der Waals surface area contributed by atoms with E-state index in [9.17, 15) is 18.8 Å². The molecule has 0 radical (unpaired) electrons. The molecule has 0 aliphatic rings. The Morgan fingerprint density at radius 2 is 0.513 bits per heavy atom. The predicted molar refractivity (Wildman–Crippen MR) is 302 cm³/mol. The zero-order chi connectivity index (χ0) is 52.5. The van der Waals surface area contributed by atoms with Gasteiger partial charge in [0.15, 0.2) is 17.3 Å². The molecule has 10 rings (SSSR count). The van der Waals surface area contributed by atoms with Crippen LogP contribution in [0.3, 0.4) is 0 Å². The summed E-state index contributed by atoms with van der Waals surface area (Å²) in [7, 11) is 0. The van der Waals surface area contributed by atoms with Gasteiger partial charge in [-0.2, -0.15) is 72.8 Å². The van der Waals surface area contributed by atoms with Crippen molar-refractivity contribution < 1.29 is 80.6 Å². The summed E-state index contributed by atoms with van der Waals surface area (Å²) in [5.74, 6) is 2.82. The van der Waals surface area contributed by atoms with Gasteiger partial charge in [0.05, 0.1) is 0 Å². The maximum absolute atomic E-state index is 12.7. The molecular formula is C65H50Cl3FO7W2. The zero-order valence-electron chi connectivity index (χ0n) is 39.9. The standard InChI is InChI=1S/2C19H12ClO2.C13H8ClFO.2C6H5O.2CH4.2W/c2*20-16-10-6-14(7-11-16)19(21)15-8-12-18(13-9-15)22-17-4-2-1-3-5-17;14-11-5-1-9(2-6-11)13(16)10-3-7-12(15)8-4-10;2*7-6-4-2-1-3-5-6;;;;/h2*2-13H;1-8H;2*2-5,7H;2*1H4;;/q2*-1;;2*-1;;;2*+2. The molecule has 0 aliphatic carbocycles. The molecule has 0 atom stereocenters. The van der Waals surface area contributed by atoms with Crippen LogP contribution in [0.1, 0.15) is 62.6 Å². The van der Waals surface area contributed by atoms with E-state index < -0.39 is 0 Å². The van der Waals surface area contributed by atoms with E-state index >= 15 is 0 Å². The van der Waals surface area contributed by atoms with Crippen molar-refractivity contribution in [1.29, 1.82) is 0 Å². The number of ether oxygens (including phenoxy) is 2. The number of hydrogen-bond donors (Lipinski definition) is 2. The fourth-order valence-corrected chi connectivity index (χ4v) is 6.54. The largest absolute Gasteiger partial charge is 2.00 e.